The maximum Gasteiger partial charge on any atom is 0.242 e. The van der Waals surface area contributed by atoms with Gasteiger partial charge in [-0.2, -0.15) is 0 Å². The first-order valence-electron chi connectivity index (χ1n) is 8.00. The maximum atomic E-state index is 12.2. The third-order valence-electron chi connectivity index (χ3n) is 4.77. The zero-order valence-corrected chi connectivity index (χ0v) is 13.8. The Balaban J connectivity index is 2.40. The van der Waals surface area contributed by atoms with Crippen LogP contribution in [0, 0.1) is 20.8 Å². The molecule has 1 amide bonds. The van der Waals surface area contributed by atoms with Gasteiger partial charge in [0.15, 0.2) is 0 Å². The molecule has 1 fully saturated rings. The molecule has 21 heavy (non-hydrogen) atoms. The molecule has 3 nitrogen and oxygen atoms in total. The van der Waals surface area contributed by atoms with Crippen LogP contribution in [0.25, 0.3) is 0 Å². The lowest BCUT2D eigenvalue weighted by Gasteiger charge is -2.36. The van der Waals surface area contributed by atoms with E-state index in [0.717, 1.165) is 29.5 Å². The van der Waals surface area contributed by atoms with E-state index < -0.39 is 5.54 Å². The van der Waals surface area contributed by atoms with Gasteiger partial charge in [0.25, 0.3) is 0 Å². The Morgan fingerprint density at radius 1 is 1.14 bits per heavy atom. The number of nitrogens with one attached hydrogen (secondary N) is 1. The SMILES string of the molecule is Cc1cc(C)c(C(C)(NC2CCCCC2)C(N)=O)c(C)c1. The number of nitrogens with two attached hydrogens (primary N) is 1. The molecular formula is C18H28N2O. The summed E-state index contributed by atoms with van der Waals surface area (Å²) in [5.41, 5.74) is 9.55. The molecule has 3 N–H and O–H groups in total. The van der Waals surface area contributed by atoms with Gasteiger partial charge in [-0.3, -0.25) is 10.1 Å². The third-order valence-corrected chi connectivity index (χ3v) is 4.77. The zero-order chi connectivity index (χ0) is 15.6. The van der Waals surface area contributed by atoms with Crippen LogP contribution < -0.4 is 11.1 Å². The van der Waals surface area contributed by atoms with Crippen molar-refractivity contribution < 1.29 is 4.79 Å². The Hall–Kier alpha value is -1.35. The first-order chi connectivity index (χ1) is 9.84. The van der Waals surface area contributed by atoms with Crippen molar-refractivity contribution in [2.75, 3.05) is 0 Å². The van der Waals surface area contributed by atoms with Crippen LogP contribution in [0.3, 0.4) is 0 Å². The Morgan fingerprint density at radius 2 is 1.67 bits per heavy atom. The molecule has 0 radical (unpaired) electrons. The number of benzene rings is 1. The highest BCUT2D eigenvalue weighted by atomic mass is 16.1. The van der Waals surface area contributed by atoms with Crippen molar-refractivity contribution in [1.29, 1.82) is 0 Å². The van der Waals surface area contributed by atoms with Gasteiger partial charge in [0.1, 0.15) is 5.54 Å². The molecule has 0 bridgehead atoms. The van der Waals surface area contributed by atoms with Crippen LogP contribution in [-0.2, 0) is 10.3 Å². The number of rotatable bonds is 4. The summed E-state index contributed by atoms with van der Waals surface area (Å²) in [6, 6.07) is 4.65. The van der Waals surface area contributed by atoms with Crippen LogP contribution in [0.4, 0.5) is 0 Å². The lowest BCUT2D eigenvalue weighted by molar-refractivity contribution is -0.124. The fourth-order valence-corrected chi connectivity index (χ4v) is 3.89. The van der Waals surface area contributed by atoms with Gasteiger partial charge in [0, 0.05) is 6.04 Å². The maximum absolute atomic E-state index is 12.2. The summed E-state index contributed by atoms with van der Waals surface area (Å²) >= 11 is 0. The Labute approximate surface area is 128 Å². The highest BCUT2D eigenvalue weighted by molar-refractivity contribution is 5.86. The van der Waals surface area contributed by atoms with E-state index in [1.54, 1.807) is 0 Å². The number of aryl methyl sites for hydroxylation is 3. The lowest BCUT2D eigenvalue weighted by Crippen LogP contribution is -2.55. The van der Waals surface area contributed by atoms with Gasteiger partial charge in [-0.05, 0) is 57.2 Å². The second-order valence-electron chi connectivity index (χ2n) is 6.74. The van der Waals surface area contributed by atoms with Crippen LogP contribution >= 0.6 is 0 Å². The van der Waals surface area contributed by atoms with E-state index in [-0.39, 0.29) is 5.91 Å². The minimum Gasteiger partial charge on any atom is -0.368 e. The summed E-state index contributed by atoms with van der Waals surface area (Å²) in [4.78, 5) is 12.2. The molecule has 1 aliphatic rings. The zero-order valence-electron chi connectivity index (χ0n) is 13.8. The number of carbonyl (C=O) groups excluding carboxylic acids is 1. The summed E-state index contributed by atoms with van der Waals surface area (Å²) in [5.74, 6) is -0.289. The molecular weight excluding hydrogens is 260 g/mol. The molecule has 0 aromatic heterocycles. The van der Waals surface area contributed by atoms with Gasteiger partial charge < -0.3 is 5.73 Å². The van der Waals surface area contributed by atoms with Gasteiger partial charge >= 0.3 is 0 Å². The van der Waals surface area contributed by atoms with Crippen LogP contribution in [-0.4, -0.2) is 11.9 Å². The quantitative estimate of drug-likeness (QED) is 0.893. The number of amides is 1. The number of primary amides is 1. The molecule has 0 heterocycles. The summed E-state index contributed by atoms with van der Waals surface area (Å²) in [6.07, 6.45) is 6.03. The van der Waals surface area contributed by atoms with Crippen molar-refractivity contribution >= 4 is 5.91 Å². The topological polar surface area (TPSA) is 55.1 Å². The summed E-state index contributed by atoms with van der Waals surface area (Å²) in [5, 5.41) is 3.57. The molecule has 116 valence electrons. The van der Waals surface area contributed by atoms with E-state index in [0.29, 0.717) is 6.04 Å². The van der Waals surface area contributed by atoms with Gasteiger partial charge in [0.2, 0.25) is 5.91 Å². The molecule has 3 heteroatoms. The summed E-state index contributed by atoms with van der Waals surface area (Å²) < 4.78 is 0. The second-order valence-corrected chi connectivity index (χ2v) is 6.74. The molecule has 0 spiro atoms. The molecule has 1 unspecified atom stereocenters. The van der Waals surface area contributed by atoms with Gasteiger partial charge in [-0.25, -0.2) is 0 Å². The second kappa shape index (κ2) is 6.18. The third kappa shape index (κ3) is 3.29. The van der Waals surface area contributed by atoms with Crippen LogP contribution in [0.1, 0.15) is 61.3 Å². The smallest absolute Gasteiger partial charge is 0.242 e. The molecule has 1 atom stereocenters. The monoisotopic (exact) mass is 288 g/mol. The minimum absolute atomic E-state index is 0.289. The normalized spacial score (nSPS) is 19.2. The van der Waals surface area contributed by atoms with Crippen LogP contribution in [0.2, 0.25) is 0 Å². The fourth-order valence-electron chi connectivity index (χ4n) is 3.89. The van der Waals surface area contributed by atoms with Crippen LogP contribution in [0.15, 0.2) is 12.1 Å². The molecule has 1 aromatic rings. The van der Waals surface area contributed by atoms with Gasteiger partial charge in [0.05, 0.1) is 0 Å². The van der Waals surface area contributed by atoms with Crippen molar-refractivity contribution in [1.82, 2.24) is 5.32 Å². The molecule has 2 rings (SSSR count). The van der Waals surface area contributed by atoms with E-state index in [1.165, 1.54) is 24.8 Å². The summed E-state index contributed by atoms with van der Waals surface area (Å²) in [6.45, 7) is 8.16. The van der Waals surface area contributed by atoms with Crippen molar-refractivity contribution in [2.45, 2.75) is 71.4 Å². The number of hydrogen-bond donors (Lipinski definition) is 2. The standard InChI is InChI=1S/C18H28N2O/c1-12-10-13(2)16(14(3)11-12)18(4,17(19)21)20-15-8-6-5-7-9-15/h10-11,15,20H,5-9H2,1-4H3,(H2,19,21). The Kier molecular flexibility index (Phi) is 4.72. The summed E-state index contributed by atoms with van der Waals surface area (Å²) in [7, 11) is 0. The molecule has 1 saturated carbocycles. The van der Waals surface area contributed by atoms with E-state index in [9.17, 15) is 4.79 Å². The number of carbonyl (C=O) groups is 1. The lowest BCUT2D eigenvalue weighted by atomic mass is 9.82. The van der Waals surface area contributed by atoms with E-state index in [4.69, 9.17) is 5.73 Å². The van der Waals surface area contributed by atoms with Gasteiger partial charge in [-0.15, -0.1) is 0 Å². The van der Waals surface area contributed by atoms with E-state index in [1.807, 2.05) is 6.92 Å². The van der Waals surface area contributed by atoms with Crippen molar-refractivity contribution in [2.24, 2.45) is 5.73 Å². The Bertz CT molecular complexity index is 509. The van der Waals surface area contributed by atoms with Crippen molar-refractivity contribution in [3.05, 3.63) is 34.4 Å². The minimum atomic E-state index is -0.788. The predicted octanol–water partition coefficient (Wildman–Crippen LogP) is 3.23. The molecule has 0 saturated heterocycles. The Morgan fingerprint density at radius 3 is 2.14 bits per heavy atom. The predicted molar refractivity (Wildman–Crippen MR) is 87.2 cm³/mol. The van der Waals surface area contributed by atoms with E-state index >= 15 is 0 Å². The average molecular weight is 288 g/mol. The van der Waals surface area contributed by atoms with Crippen molar-refractivity contribution in [3.8, 4) is 0 Å². The highest BCUT2D eigenvalue weighted by Gasteiger charge is 2.37. The average Bonchev–Trinajstić information content (AvgIpc) is 2.38. The van der Waals surface area contributed by atoms with Crippen LogP contribution in [0.5, 0.6) is 0 Å². The largest absolute Gasteiger partial charge is 0.368 e. The first kappa shape index (κ1) is 16.0. The molecule has 0 aliphatic heterocycles. The number of hydrogen-bond acceptors (Lipinski definition) is 2. The first-order valence-corrected chi connectivity index (χ1v) is 8.00. The highest BCUT2D eigenvalue weighted by Crippen LogP contribution is 2.31. The molecule has 1 aromatic carbocycles. The fraction of sp³-hybridized carbons (Fsp3) is 0.611. The van der Waals surface area contributed by atoms with E-state index in [2.05, 4.69) is 38.2 Å². The van der Waals surface area contributed by atoms with Gasteiger partial charge in [-0.1, -0.05) is 37.0 Å². The molecule has 1 aliphatic carbocycles. The van der Waals surface area contributed by atoms with Crippen molar-refractivity contribution in [3.63, 3.8) is 0 Å².